The van der Waals surface area contributed by atoms with Crippen molar-refractivity contribution in [1.29, 1.82) is 0 Å². The Balaban J connectivity index is 1.99. The van der Waals surface area contributed by atoms with Gasteiger partial charge in [-0.3, -0.25) is 0 Å². The fourth-order valence-corrected chi connectivity index (χ4v) is 3.10. The average molecular weight is 368 g/mol. The van der Waals surface area contributed by atoms with Crippen LogP contribution >= 0.6 is 34.8 Å². The molecule has 0 fully saturated rings. The first-order chi connectivity index (χ1) is 11.0. The van der Waals surface area contributed by atoms with Crippen LogP contribution in [0.2, 0.25) is 15.1 Å². The highest BCUT2D eigenvalue weighted by atomic mass is 35.5. The van der Waals surface area contributed by atoms with E-state index in [1.807, 2.05) is 31.2 Å². The smallest absolute Gasteiger partial charge is 0.146 e. The topological polar surface area (TPSA) is 48.1 Å². The molecule has 3 nitrogen and oxygen atoms in total. The zero-order chi connectivity index (χ0) is 16.6. The maximum absolute atomic E-state index is 6.27. The second-order valence-corrected chi connectivity index (χ2v) is 6.31. The van der Waals surface area contributed by atoms with Crippen molar-refractivity contribution in [3.05, 3.63) is 62.7 Å². The molecule has 23 heavy (non-hydrogen) atoms. The number of pyridine rings is 1. The minimum absolute atomic E-state index is 0.190. The Morgan fingerprint density at radius 3 is 2.65 bits per heavy atom. The number of hydrogen-bond donors (Lipinski definition) is 1. The molecule has 0 aliphatic heterocycles. The molecule has 2 N–H and O–H groups in total. The number of benzene rings is 2. The Kier molecular flexibility index (Phi) is 4.53. The third kappa shape index (κ3) is 3.18. The summed E-state index contributed by atoms with van der Waals surface area (Å²) in [6, 6.07) is 10.8. The van der Waals surface area contributed by atoms with Crippen LogP contribution in [0.15, 0.2) is 36.4 Å². The van der Waals surface area contributed by atoms with Crippen LogP contribution < -0.4 is 10.5 Å². The Labute approximate surface area is 148 Å². The molecule has 0 saturated carbocycles. The summed E-state index contributed by atoms with van der Waals surface area (Å²) < 4.78 is 5.89. The summed E-state index contributed by atoms with van der Waals surface area (Å²) in [6.07, 6.45) is 0. The number of para-hydroxylation sites is 1. The van der Waals surface area contributed by atoms with Crippen LogP contribution in [0.5, 0.6) is 5.75 Å². The number of aryl methyl sites for hydroxylation is 1. The number of fused-ring (bicyclic) bond motifs is 1. The van der Waals surface area contributed by atoms with Gasteiger partial charge < -0.3 is 10.5 Å². The van der Waals surface area contributed by atoms with E-state index in [0.29, 0.717) is 37.6 Å². The molecule has 0 bridgehead atoms. The summed E-state index contributed by atoms with van der Waals surface area (Å²) in [5, 5.41) is 2.38. The van der Waals surface area contributed by atoms with Gasteiger partial charge in [-0.1, -0.05) is 46.9 Å². The van der Waals surface area contributed by atoms with E-state index in [0.717, 1.165) is 11.1 Å². The predicted octanol–water partition coefficient (Wildman–Crippen LogP) is 5.66. The van der Waals surface area contributed by atoms with Crippen LogP contribution in [-0.2, 0) is 6.61 Å². The molecule has 1 heterocycles. The van der Waals surface area contributed by atoms with E-state index < -0.39 is 0 Å². The molecular formula is C17H13Cl3N2O. The zero-order valence-corrected chi connectivity index (χ0v) is 14.5. The highest BCUT2D eigenvalue weighted by molar-refractivity contribution is 6.37. The number of ether oxygens (including phenoxy) is 1. The standard InChI is InChI=1S/C17H13Cl3N2O/c1-9-7-13(19)10-3-2-4-15(17(10)22-9)23-8-11-12(18)5-6-14(21)16(11)20/h2-7H,8,21H2,1H3. The summed E-state index contributed by atoms with van der Waals surface area (Å²) in [4.78, 5) is 4.51. The highest BCUT2D eigenvalue weighted by Gasteiger charge is 2.12. The quantitative estimate of drug-likeness (QED) is 0.607. The number of hydrogen-bond acceptors (Lipinski definition) is 3. The minimum Gasteiger partial charge on any atom is -0.487 e. The van der Waals surface area contributed by atoms with Crippen molar-refractivity contribution in [3.8, 4) is 5.75 Å². The monoisotopic (exact) mass is 366 g/mol. The summed E-state index contributed by atoms with van der Waals surface area (Å²) in [5.74, 6) is 0.614. The Hall–Kier alpha value is -1.68. The third-order valence-corrected chi connectivity index (χ3v) is 4.58. The molecule has 0 amide bonds. The lowest BCUT2D eigenvalue weighted by Gasteiger charge is -2.13. The number of nitrogens with zero attached hydrogens (tertiary/aromatic N) is 1. The van der Waals surface area contributed by atoms with Crippen molar-refractivity contribution in [2.24, 2.45) is 0 Å². The molecule has 1 aromatic heterocycles. The average Bonchev–Trinajstić information content (AvgIpc) is 2.51. The summed E-state index contributed by atoms with van der Waals surface area (Å²) in [5.41, 5.74) is 8.44. The number of nitrogens with two attached hydrogens (primary N) is 1. The van der Waals surface area contributed by atoms with E-state index in [1.165, 1.54) is 0 Å². The molecule has 0 aliphatic carbocycles. The number of anilines is 1. The molecule has 0 atom stereocenters. The van der Waals surface area contributed by atoms with Crippen molar-refractivity contribution in [3.63, 3.8) is 0 Å². The van der Waals surface area contributed by atoms with Crippen molar-refractivity contribution in [2.45, 2.75) is 13.5 Å². The van der Waals surface area contributed by atoms with Crippen molar-refractivity contribution >= 4 is 51.4 Å². The van der Waals surface area contributed by atoms with Crippen molar-refractivity contribution in [2.75, 3.05) is 5.73 Å². The molecular weight excluding hydrogens is 355 g/mol. The van der Waals surface area contributed by atoms with Crippen LogP contribution in [0.1, 0.15) is 11.3 Å². The van der Waals surface area contributed by atoms with Crippen molar-refractivity contribution < 1.29 is 4.74 Å². The van der Waals surface area contributed by atoms with Gasteiger partial charge in [-0.15, -0.1) is 0 Å². The lowest BCUT2D eigenvalue weighted by molar-refractivity contribution is 0.309. The van der Waals surface area contributed by atoms with Gasteiger partial charge in [0.05, 0.1) is 15.7 Å². The van der Waals surface area contributed by atoms with Gasteiger partial charge in [0, 0.05) is 21.7 Å². The minimum atomic E-state index is 0.190. The molecule has 6 heteroatoms. The van der Waals surface area contributed by atoms with Gasteiger partial charge in [-0.25, -0.2) is 4.98 Å². The first-order valence-corrected chi connectivity index (χ1v) is 8.02. The van der Waals surface area contributed by atoms with E-state index in [4.69, 9.17) is 45.3 Å². The van der Waals surface area contributed by atoms with E-state index in [1.54, 1.807) is 12.1 Å². The number of halogens is 3. The van der Waals surface area contributed by atoms with Crippen LogP contribution in [0.3, 0.4) is 0 Å². The molecule has 0 aliphatic rings. The van der Waals surface area contributed by atoms with Gasteiger partial charge in [-0.2, -0.15) is 0 Å². The van der Waals surface area contributed by atoms with Crippen molar-refractivity contribution in [1.82, 2.24) is 4.98 Å². The first-order valence-electron chi connectivity index (χ1n) is 6.88. The summed E-state index contributed by atoms with van der Waals surface area (Å²) >= 11 is 18.7. The Morgan fingerprint density at radius 2 is 1.87 bits per heavy atom. The van der Waals surface area contributed by atoms with E-state index >= 15 is 0 Å². The van der Waals surface area contributed by atoms with Gasteiger partial charge in [0.25, 0.3) is 0 Å². The van der Waals surface area contributed by atoms with Crippen LogP contribution in [0, 0.1) is 6.92 Å². The van der Waals surface area contributed by atoms with Gasteiger partial charge >= 0.3 is 0 Å². The number of rotatable bonds is 3. The van der Waals surface area contributed by atoms with Gasteiger partial charge in [0.1, 0.15) is 17.9 Å². The van der Waals surface area contributed by atoms with E-state index in [9.17, 15) is 0 Å². The first kappa shape index (κ1) is 16.2. The SMILES string of the molecule is Cc1cc(Cl)c2cccc(OCc3c(Cl)ccc(N)c3Cl)c2n1. The fourth-order valence-electron chi connectivity index (χ4n) is 2.31. The summed E-state index contributed by atoms with van der Waals surface area (Å²) in [6.45, 7) is 2.07. The van der Waals surface area contributed by atoms with E-state index in [2.05, 4.69) is 4.98 Å². The second kappa shape index (κ2) is 6.44. The van der Waals surface area contributed by atoms with Crippen LogP contribution in [0.4, 0.5) is 5.69 Å². The van der Waals surface area contributed by atoms with Gasteiger partial charge in [-0.05, 0) is 31.2 Å². The fraction of sp³-hybridized carbons (Fsp3) is 0.118. The maximum Gasteiger partial charge on any atom is 0.146 e. The lowest BCUT2D eigenvalue weighted by Crippen LogP contribution is -2.01. The molecule has 3 aromatic rings. The largest absolute Gasteiger partial charge is 0.487 e. The third-order valence-electron chi connectivity index (χ3n) is 3.47. The molecule has 0 radical (unpaired) electrons. The highest BCUT2D eigenvalue weighted by Crippen LogP contribution is 2.33. The maximum atomic E-state index is 6.27. The van der Waals surface area contributed by atoms with E-state index in [-0.39, 0.29) is 6.61 Å². The molecule has 3 rings (SSSR count). The second-order valence-electron chi connectivity index (χ2n) is 5.12. The normalized spacial score (nSPS) is 11.0. The predicted molar refractivity (Wildman–Crippen MR) is 96.7 cm³/mol. The summed E-state index contributed by atoms with van der Waals surface area (Å²) in [7, 11) is 0. The van der Waals surface area contributed by atoms with Crippen LogP contribution in [0.25, 0.3) is 10.9 Å². The van der Waals surface area contributed by atoms with Gasteiger partial charge in [0.2, 0.25) is 0 Å². The lowest BCUT2D eigenvalue weighted by atomic mass is 10.2. The molecule has 0 saturated heterocycles. The van der Waals surface area contributed by atoms with Gasteiger partial charge in [0.15, 0.2) is 0 Å². The van der Waals surface area contributed by atoms with Crippen LogP contribution in [-0.4, -0.2) is 4.98 Å². The molecule has 118 valence electrons. The molecule has 0 unspecified atom stereocenters. The zero-order valence-electron chi connectivity index (χ0n) is 12.2. The Bertz CT molecular complexity index is 897. The molecule has 0 spiro atoms. The molecule has 2 aromatic carbocycles. The Morgan fingerprint density at radius 1 is 1.09 bits per heavy atom. The number of nitrogen functional groups attached to an aromatic ring is 1. The number of aromatic nitrogens is 1.